The summed E-state index contributed by atoms with van der Waals surface area (Å²) >= 11 is 5.78. The van der Waals surface area contributed by atoms with Crippen LogP contribution in [0.15, 0.2) is 24.3 Å². The minimum Gasteiger partial charge on any atom is -0.492 e. The Morgan fingerprint density at radius 2 is 1.94 bits per heavy atom. The number of halogens is 1. The van der Waals surface area contributed by atoms with E-state index >= 15 is 0 Å². The molecule has 90 valence electrons. The van der Waals surface area contributed by atoms with Crippen LogP contribution < -0.4 is 10.1 Å². The molecule has 0 amide bonds. The van der Waals surface area contributed by atoms with Crippen LogP contribution in [-0.4, -0.2) is 32.9 Å². The van der Waals surface area contributed by atoms with Crippen LogP contribution in [0.25, 0.3) is 0 Å². The summed E-state index contributed by atoms with van der Waals surface area (Å²) in [5.41, 5.74) is 0. The van der Waals surface area contributed by atoms with Gasteiger partial charge in [-0.15, -0.1) is 0 Å². The van der Waals surface area contributed by atoms with Crippen molar-refractivity contribution in [3.05, 3.63) is 29.3 Å². The fourth-order valence-corrected chi connectivity index (χ4v) is 1.33. The van der Waals surface area contributed by atoms with E-state index in [0.29, 0.717) is 18.2 Å². The molecule has 1 rings (SSSR count). The lowest BCUT2D eigenvalue weighted by atomic mass is 10.3. The Morgan fingerprint density at radius 3 is 2.50 bits per heavy atom. The molecule has 0 aliphatic carbocycles. The lowest BCUT2D eigenvalue weighted by molar-refractivity contribution is 0.105. The van der Waals surface area contributed by atoms with E-state index in [0.717, 1.165) is 12.4 Å². The molecule has 0 heterocycles. The standard InChI is InChI=1S/C12H18ClNO2/c1-3-15-8-11(14-2)9-16-12-6-4-10(13)5-7-12/h4-7,11,14H,3,8-9H2,1-2H3. The lowest BCUT2D eigenvalue weighted by Gasteiger charge is -2.16. The third kappa shape index (κ3) is 4.84. The molecule has 0 aliphatic rings. The molecule has 1 unspecified atom stereocenters. The first kappa shape index (κ1) is 13.3. The van der Waals surface area contributed by atoms with Crippen molar-refractivity contribution in [2.24, 2.45) is 0 Å². The van der Waals surface area contributed by atoms with Gasteiger partial charge >= 0.3 is 0 Å². The van der Waals surface area contributed by atoms with Crippen LogP contribution in [0.4, 0.5) is 0 Å². The zero-order valence-corrected chi connectivity index (χ0v) is 10.5. The predicted octanol–water partition coefficient (Wildman–Crippen LogP) is 2.34. The first-order chi connectivity index (χ1) is 7.76. The summed E-state index contributed by atoms with van der Waals surface area (Å²) in [7, 11) is 1.90. The molecule has 0 saturated carbocycles. The van der Waals surface area contributed by atoms with Crippen molar-refractivity contribution in [3.8, 4) is 5.75 Å². The van der Waals surface area contributed by atoms with Crippen molar-refractivity contribution in [2.45, 2.75) is 13.0 Å². The third-order valence-corrected chi connectivity index (χ3v) is 2.45. The van der Waals surface area contributed by atoms with Gasteiger partial charge < -0.3 is 14.8 Å². The minimum absolute atomic E-state index is 0.204. The van der Waals surface area contributed by atoms with E-state index < -0.39 is 0 Å². The molecule has 0 aliphatic heterocycles. The summed E-state index contributed by atoms with van der Waals surface area (Å²) in [6.45, 7) is 3.94. The maximum Gasteiger partial charge on any atom is 0.119 e. The van der Waals surface area contributed by atoms with Crippen molar-refractivity contribution in [1.82, 2.24) is 5.32 Å². The molecule has 0 fully saturated rings. The zero-order valence-electron chi connectivity index (χ0n) is 9.70. The molecule has 1 aromatic rings. The Morgan fingerprint density at radius 1 is 1.25 bits per heavy atom. The molecule has 3 nitrogen and oxygen atoms in total. The summed E-state index contributed by atoms with van der Waals surface area (Å²) in [4.78, 5) is 0. The molecule has 0 aromatic heterocycles. The summed E-state index contributed by atoms with van der Waals surface area (Å²) in [5, 5.41) is 3.86. The second kappa shape index (κ2) is 7.49. The largest absolute Gasteiger partial charge is 0.492 e. The molecule has 4 heteroatoms. The van der Waals surface area contributed by atoms with Gasteiger partial charge in [-0.3, -0.25) is 0 Å². The van der Waals surface area contributed by atoms with Crippen LogP contribution in [0.5, 0.6) is 5.75 Å². The van der Waals surface area contributed by atoms with Gasteiger partial charge in [-0.2, -0.15) is 0 Å². The molecule has 0 spiro atoms. The number of hydrogen-bond donors (Lipinski definition) is 1. The number of likely N-dealkylation sites (N-methyl/N-ethyl adjacent to an activating group) is 1. The topological polar surface area (TPSA) is 30.5 Å². The number of nitrogens with one attached hydrogen (secondary N) is 1. The summed E-state index contributed by atoms with van der Waals surface area (Å²) in [6.07, 6.45) is 0. The van der Waals surface area contributed by atoms with E-state index in [-0.39, 0.29) is 6.04 Å². The van der Waals surface area contributed by atoms with Gasteiger partial charge in [-0.1, -0.05) is 11.6 Å². The van der Waals surface area contributed by atoms with Crippen LogP contribution in [0, 0.1) is 0 Å². The van der Waals surface area contributed by atoms with E-state index in [1.807, 2.05) is 38.2 Å². The van der Waals surface area contributed by atoms with Gasteiger partial charge in [0.2, 0.25) is 0 Å². The Balaban J connectivity index is 2.34. The second-order valence-electron chi connectivity index (χ2n) is 3.41. The predicted molar refractivity (Wildman–Crippen MR) is 66.3 cm³/mol. The Hall–Kier alpha value is -0.770. The molecule has 16 heavy (non-hydrogen) atoms. The second-order valence-corrected chi connectivity index (χ2v) is 3.85. The van der Waals surface area contributed by atoms with Crippen LogP contribution in [0.3, 0.4) is 0 Å². The smallest absolute Gasteiger partial charge is 0.119 e. The quantitative estimate of drug-likeness (QED) is 0.798. The number of benzene rings is 1. The van der Waals surface area contributed by atoms with Crippen molar-refractivity contribution in [1.29, 1.82) is 0 Å². The van der Waals surface area contributed by atoms with E-state index in [1.165, 1.54) is 0 Å². The Labute approximate surface area is 102 Å². The van der Waals surface area contributed by atoms with Crippen molar-refractivity contribution in [3.63, 3.8) is 0 Å². The fourth-order valence-electron chi connectivity index (χ4n) is 1.20. The number of hydrogen-bond acceptors (Lipinski definition) is 3. The van der Waals surface area contributed by atoms with Crippen LogP contribution >= 0.6 is 11.6 Å². The Kier molecular flexibility index (Phi) is 6.23. The fraction of sp³-hybridized carbons (Fsp3) is 0.500. The minimum atomic E-state index is 0.204. The highest BCUT2D eigenvalue weighted by Gasteiger charge is 2.06. The maximum atomic E-state index is 5.78. The van der Waals surface area contributed by atoms with E-state index in [2.05, 4.69) is 5.32 Å². The third-order valence-electron chi connectivity index (χ3n) is 2.20. The lowest BCUT2D eigenvalue weighted by Crippen LogP contribution is -2.36. The molecule has 1 aromatic carbocycles. The van der Waals surface area contributed by atoms with Crippen LogP contribution in [-0.2, 0) is 4.74 Å². The molecule has 0 saturated heterocycles. The van der Waals surface area contributed by atoms with Gasteiger partial charge in [-0.05, 0) is 38.2 Å². The zero-order chi connectivity index (χ0) is 11.8. The number of rotatable bonds is 7. The van der Waals surface area contributed by atoms with Crippen molar-refractivity contribution in [2.75, 3.05) is 26.9 Å². The van der Waals surface area contributed by atoms with Gasteiger partial charge in [0, 0.05) is 11.6 Å². The van der Waals surface area contributed by atoms with Crippen LogP contribution in [0.1, 0.15) is 6.92 Å². The van der Waals surface area contributed by atoms with E-state index in [9.17, 15) is 0 Å². The normalized spacial score (nSPS) is 12.4. The first-order valence-electron chi connectivity index (χ1n) is 5.39. The highest BCUT2D eigenvalue weighted by Crippen LogP contribution is 2.15. The number of ether oxygens (including phenoxy) is 2. The SMILES string of the molecule is CCOCC(COc1ccc(Cl)cc1)NC. The first-order valence-corrected chi connectivity index (χ1v) is 5.77. The van der Waals surface area contributed by atoms with Crippen LogP contribution in [0.2, 0.25) is 5.02 Å². The highest BCUT2D eigenvalue weighted by molar-refractivity contribution is 6.30. The van der Waals surface area contributed by atoms with E-state index in [1.54, 1.807) is 0 Å². The average Bonchev–Trinajstić information content (AvgIpc) is 2.32. The van der Waals surface area contributed by atoms with E-state index in [4.69, 9.17) is 21.1 Å². The molecular formula is C12H18ClNO2. The maximum absolute atomic E-state index is 5.78. The van der Waals surface area contributed by atoms with Crippen molar-refractivity contribution >= 4 is 11.6 Å². The van der Waals surface area contributed by atoms with Gasteiger partial charge in [0.15, 0.2) is 0 Å². The molecular weight excluding hydrogens is 226 g/mol. The highest BCUT2D eigenvalue weighted by atomic mass is 35.5. The molecule has 1 atom stereocenters. The van der Waals surface area contributed by atoms with Gasteiger partial charge in [0.1, 0.15) is 12.4 Å². The van der Waals surface area contributed by atoms with Gasteiger partial charge in [0.25, 0.3) is 0 Å². The average molecular weight is 244 g/mol. The molecule has 0 radical (unpaired) electrons. The summed E-state index contributed by atoms with van der Waals surface area (Å²) in [6, 6.07) is 7.54. The van der Waals surface area contributed by atoms with Gasteiger partial charge in [0.05, 0.1) is 12.6 Å². The monoisotopic (exact) mass is 243 g/mol. The summed E-state index contributed by atoms with van der Waals surface area (Å²) in [5.74, 6) is 0.821. The summed E-state index contributed by atoms with van der Waals surface area (Å²) < 4.78 is 10.9. The Bertz CT molecular complexity index is 290. The molecule has 1 N–H and O–H groups in total. The molecule has 0 bridgehead atoms. The van der Waals surface area contributed by atoms with Crippen molar-refractivity contribution < 1.29 is 9.47 Å². The van der Waals surface area contributed by atoms with Gasteiger partial charge in [-0.25, -0.2) is 0 Å².